The number of rotatable bonds is 7. The maximum Gasteiger partial charge on any atom is 0.193 e. The van der Waals surface area contributed by atoms with E-state index in [1.165, 1.54) is 10.5 Å². The lowest BCUT2D eigenvalue weighted by Crippen LogP contribution is -3.12. The number of Topliss-reactive ketones (excluding diaryl/α,β-unsaturated/α-hetero) is 1. The van der Waals surface area contributed by atoms with Crippen molar-refractivity contribution in [3.8, 4) is 5.69 Å². The average molecular weight is 651 g/mol. The number of allylic oxidation sites excluding steroid dienone is 1. The molecule has 2 saturated heterocycles. The van der Waals surface area contributed by atoms with Crippen LogP contribution in [-0.4, -0.2) is 82.8 Å². The minimum atomic E-state index is -1.23. The summed E-state index contributed by atoms with van der Waals surface area (Å²) in [5.41, 5.74) is 2.91. The van der Waals surface area contributed by atoms with Gasteiger partial charge in [-0.05, 0) is 91.5 Å². The van der Waals surface area contributed by atoms with Gasteiger partial charge in [0.05, 0.1) is 43.0 Å². The number of halogens is 1. The van der Waals surface area contributed by atoms with E-state index in [-0.39, 0.29) is 34.8 Å². The topological polar surface area (TPSA) is 107 Å². The van der Waals surface area contributed by atoms with Crippen LogP contribution in [0.25, 0.3) is 11.8 Å². The van der Waals surface area contributed by atoms with E-state index in [0.29, 0.717) is 44.6 Å². The first-order chi connectivity index (χ1) is 22.6. The quantitative estimate of drug-likeness (QED) is 0.423. The van der Waals surface area contributed by atoms with Crippen LogP contribution in [-0.2, 0) is 32.0 Å². The van der Waals surface area contributed by atoms with Gasteiger partial charge in [-0.25, -0.2) is 9.07 Å². The highest BCUT2D eigenvalue weighted by molar-refractivity contribution is 5.91. The molecule has 2 aliphatic heterocycles. The number of carbonyl (C=O) groups excluding carboxylic acids is 1. The normalized spacial score (nSPS) is 39.4. The number of aromatic nitrogens is 2. The summed E-state index contributed by atoms with van der Waals surface area (Å²) in [7, 11) is 0. The highest BCUT2D eigenvalue weighted by atomic mass is 19.1. The molecule has 10 heteroatoms. The van der Waals surface area contributed by atoms with Gasteiger partial charge in [-0.15, -0.1) is 0 Å². The van der Waals surface area contributed by atoms with Gasteiger partial charge in [0.2, 0.25) is 0 Å². The van der Waals surface area contributed by atoms with Crippen molar-refractivity contribution < 1.29 is 38.5 Å². The molecule has 0 unspecified atom stereocenters. The van der Waals surface area contributed by atoms with Gasteiger partial charge in [-0.2, -0.15) is 5.10 Å². The zero-order chi connectivity index (χ0) is 32.7. The number of ether oxygens (including phenoxy) is 3. The molecule has 5 fully saturated rings. The fraction of sp³-hybridized carbons (Fsp3) is 0.676. The van der Waals surface area contributed by atoms with E-state index in [2.05, 4.69) is 26.8 Å². The maximum atomic E-state index is 15.0. The lowest BCUT2D eigenvalue weighted by atomic mass is 9.45. The molecule has 3 N–H and O–H groups in total. The van der Waals surface area contributed by atoms with Gasteiger partial charge in [-0.1, -0.05) is 32.8 Å². The number of aliphatic hydroxyl groups excluding tert-OH is 2. The summed E-state index contributed by atoms with van der Waals surface area (Å²) in [6.45, 7) is 9.66. The summed E-state index contributed by atoms with van der Waals surface area (Å²) in [5.74, 6) is -0.170. The zero-order valence-electron chi connectivity index (χ0n) is 27.8. The second kappa shape index (κ2) is 11.6. The second-order valence-corrected chi connectivity index (χ2v) is 15.6. The Balaban J connectivity index is 1.09. The summed E-state index contributed by atoms with van der Waals surface area (Å²) in [5, 5.41) is 27.1. The molecule has 0 amide bonds. The van der Waals surface area contributed by atoms with Crippen LogP contribution in [0.1, 0.15) is 76.1 Å². The van der Waals surface area contributed by atoms with Crippen LogP contribution in [0.5, 0.6) is 0 Å². The molecule has 254 valence electrons. The fourth-order valence-electron chi connectivity index (χ4n) is 11.1. The number of ketones is 1. The molecule has 1 aromatic carbocycles. The molecule has 0 spiro atoms. The second-order valence-electron chi connectivity index (χ2n) is 15.6. The number of morpholine rings is 1. The van der Waals surface area contributed by atoms with Crippen LogP contribution in [0.3, 0.4) is 0 Å². The van der Waals surface area contributed by atoms with Crippen LogP contribution >= 0.6 is 0 Å². The number of hydrogen-bond donors (Lipinski definition) is 3. The smallest absolute Gasteiger partial charge is 0.193 e. The Morgan fingerprint density at radius 1 is 1.23 bits per heavy atom. The van der Waals surface area contributed by atoms with Crippen molar-refractivity contribution >= 4 is 11.9 Å². The number of aliphatic hydroxyl groups is 2. The molecule has 3 heterocycles. The summed E-state index contributed by atoms with van der Waals surface area (Å²) in [6.07, 6.45) is 7.98. The SMILES string of the molecule is CCC[C@@H]1O[C@@H]2C[C@H]3[C@@H]4CCC5=Cc6c(cnn6-c6ccc(F)c(C[NH+]7CCOCC7)c6)C[C@]5(C)[C@H]4[C@@H](O)C[C@]3(C)[C@]2(C(=O)CO)O1. The molecule has 1 aromatic heterocycles. The van der Waals surface area contributed by atoms with Crippen LogP contribution in [0, 0.1) is 34.4 Å². The first-order valence-corrected chi connectivity index (χ1v) is 17.8. The van der Waals surface area contributed by atoms with Crippen LogP contribution in [0.4, 0.5) is 4.39 Å². The summed E-state index contributed by atoms with van der Waals surface area (Å²) in [4.78, 5) is 14.9. The predicted octanol–water partition coefficient (Wildman–Crippen LogP) is 3.03. The lowest BCUT2D eigenvalue weighted by Gasteiger charge is -2.60. The average Bonchev–Trinajstić information content (AvgIpc) is 3.70. The van der Waals surface area contributed by atoms with E-state index in [0.717, 1.165) is 55.7 Å². The lowest BCUT2D eigenvalue weighted by molar-refractivity contribution is -0.921. The van der Waals surface area contributed by atoms with Gasteiger partial charge in [0.25, 0.3) is 0 Å². The molecular formula is C37H49FN3O6+. The van der Waals surface area contributed by atoms with Gasteiger partial charge in [-0.3, -0.25) is 4.79 Å². The Labute approximate surface area is 276 Å². The molecule has 47 heavy (non-hydrogen) atoms. The van der Waals surface area contributed by atoms with Crippen molar-refractivity contribution in [3.63, 3.8) is 0 Å². The molecule has 9 atom stereocenters. The number of benzene rings is 1. The van der Waals surface area contributed by atoms with Crippen molar-refractivity contribution in [1.82, 2.24) is 9.78 Å². The van der Waals surface area contributed by atoms with Gasteiger partial charge in [0, 0.05) is 11.0 Å². The third-order valence-corrected chi connectivity index (χ3v) is 13.2. The number of quaternary nitrogens is 1. The molecule has 8 rings (SSSR count). The zero-order valence-corrected chi connectivity index (χ0v) is 27.8. The fourth-order valence-corrected chi connectivity index (χ4v) is 11.1. The minimum Gasteiger partial charge on any atom is -0.393 e. The van der Waals surface area contributed by atoms with E-state index < -0.39 is 36.1 Å². The number of carbonyl (C=O) groups is 1. The summed E-state index contributed by atoms with van der Waals surface area (Å²) < 4.78 is 35.4. The molecule has 0 radical (unpaired) electrons. The first kappa shape index (κ1) is 31.8. The first-order valence-electron chi connectivity index (χ1n) is 17.8. The summed E-state index contributed by atoms with van der Waals surface area (Å²) >= 11 is 0. The largest absolute Gasteiger partial charge is 0.393 e. The van der Waals surface area contributed by atoms with Crippen molar-refractivity contribution in [2.24, 2.45) is 28.6 Å². The number of nitrogens with one attached hydrogen (secondary N) is 1. The molecular weight excluding hydrogens is 601 g/mol. The standard InChI is InChI=1S/C37H48FN3O6/c1-4-5-33-46-32-16-27-26-8-6-24-15-29-23(17-35(24,2)34(26)30(43)18-36(27,3)37(32,47-33)31(44)21-42)19-39-41(29)25-7-9-28(38)22(14-25)20-40-10-12-45-13-11-40/h7,9,14-15,19,26-27,30,32-34,42-43H,4-6,8,10-13,16-18,20-21H2,1-3H3/p+1/t26-,27-,30-,32+,33+,34+,35-,36-,37+/m0/s1. The molecule has 4 aliphatic carbocycles. The number of hydrogen-bond acceptors (Lipinski definition) is 7. The molecule has 2 aromatic rings. The Kier molecular flexibility index (Phi) is 7.82. The highest BCUT2D eigenvalue weighted by Gasteiger charge is 2.75. The Morgan fingerprint density at radius 2 is 2.04 bits per heavy atom. The van der Waals surface area contributed by atoms with Crippen LogP contribution in [0.15, 0.2) is 30.0 Å². The van der Waals surface area contributed by atoms with E-state index >= 15 is 0 Å². The molecule has 9 nitrogen and oxygen atoms in total. The van der Waals surface area contributed by atoms with Gasteiger partial charge >= 0.3 is 0 Å². The predicted molar refractivity (Wildman–Crippen MR) is 171 cm³/mol. The molecule has 6 aliphatic rings. The van der Waals surface area contributed by atoms with Crippen molar-refractivity contribution in [1.29, 1.82) is 0 Å². The molecule has 3 saturated carbocycles. The third kappa shape index (κ3) is 4.62. The van der Waals surface area contributed by atoms with E-state index in [1.54, 1.807) is 6.07 Å². The third-order valence-electron chi connectivity index (χ3n) is 13.2. The van der Waals surface area contributed by atoms with Crippen molar-refractivity contribution in [2.45, 2.75) is 96.4 Å². The van der Waals surface area contributed by atoms with Crippen LogP contribution < -0.4 is 4.90 Å². The Morgan fingerprint density at radius 3 is 2.81 bits per heavy atom. The number of fused-ring (bicyclic) bond motifs is 8. The van der Waals surface area contributed by atoms with E-state index in [9.17, 15) is 19.4 Å². The molecule has 0 bridgehead atoms. The van der Waals surface area contributed by atoms with Crippen molar-refractivity contribution in [2.75, 3.05) is 32.9 Å². The monoisotopic (exact) mass is 650 g/mol. The van der Waals surface area contributed by atoms with E-state index in [1.807, 2.05) is 23.0 Å². The van der Waals surface area contributed by atoms with Gasteiger partial charge in [0.1, 0.15) is 32.1 Å². The Bertz CT molecular complexity index is 1590. The highest BCUT2D eigenvalue weighted by Crippen LogP contribution is 2.70. The Hall–Kier alpha value is -2.47. The van der Waals surface area contributed by atoms with Gasteiger partial charge in [0.15, 0.2) is 17.7 Å². The maximum absolute atomic E-state index is 15.0. The van der Waals surface area contributed by atoms with Gasteiger partial charge < -0.3 is 29.3 Å². The van der Waals surface area contributed by atoms with Crippen LogP contribution in [0.2, 0.25) is 0 Å². The summed E-state index contributed by atoms with van der Waals surface area (Å²) in [6, 6.07) is 5.31. The van der Waals surface area contributed by atoms with E-state index in [4.69, 9.17) is 19.3 Å². The minimum absolute atomic E-state index is 0.0116. The number of nitrogens with zero attached hydrogens (tertiary/aromatic N) is 2. The van der Waals surface area contributed by atoms with Crippen molar-refractivity contribution in [3.05, 3.63) is 52.6 Å².